The monoisotopic (exact) mass is 309 g/mol. The van der Waals surface area contributed by atoms with Gasteiger partial charge >= 0.3 is 5.97 Å². The molecule has 0 bridgehead atoms. The van der Waals surface area contributed by atoms with E-state index >= 15 is 0 Å². The second-order valence-electron chi connectivity index (χ2n) is 5.68. The van der Waals surface area contributed by atoms with E-state index in [1.807, 2.05) is 38.1 Å². The number of rotatable bonds is 5. The van der Waals surface area contributed by atoms with E-state index < -0.39 is 0 Å². The van der Waals surface area contributed by atoms with Crippen molar-refractivity contribution in [3.8, 4) is 0 Å². The lowest BCUT2D eigenvalue weighted by molar-refractivity contribution is -0.155. The number of halogens is 1. The van der Waals surface area contributed by atoms with E-state index in [2.05, 4.69) is 4.90 Å². The summed E-state index contributed by atoms with van der Waals surface area (Å²) in [6.07, 6.45) is 4.23. The summed E-state index contributed by atoms with van der Waals surface area (Å²) in [4.78, 5) is 14.8. The molecule has 0 radical (unpaired) electrons. The van der Waals surface area contributed by atoms with Crippen molar-refractivity contribution < 1.29 is 9.53 Å². The normalized spacial score (nSPS) is 19.0. The molecule has 2 rings (SSSR count). The molecule has 0 saturated carbocycles. The second kappa shape index (κ2) is 7.81. The molecule has 3 nitrogen and oxygen atoms in total. The van der Waals surface area contributed by atoms with Crippen LogP contribution in [0.25, 0.3) is 0 Å². The molecule has 4 heteroatoms. The molecule has 0 N–H and O–H groups in total. The molecule has 0 aliphatic carbocycles. The van der Waals surface area contributed by atoms with Crippen LogP contribution >= 0.6 is 11.6 Å². The van der Waals surface area contributed by atoms with Gasteiger partial charge in [0.25, 0.3) is 0 Å². The molecule has 0 spiro atoms. The summed E-state index contributed by atoms with van der Waals surface area (Å²) in [5.41, 5.74) is 0.856. The fourth-order valence-corrected chi connectivity index (χ4v) is 2.93. The van der Waals surface area contributed by atoms with Gasteiger partial charge in [-0.25, -0.2) is 4.79 Å². The van der Waals surface area contributed by atoms with Crippen molar-refractivity contribution in [2.24, 2.45) is 0 Å². The number of ether oxygens (including phenoxy) is 1. The molecule has 0 unspecified atom stereocenters. The van der Waals surface area contributed by atoms with Crippen molar-refractivity contribution in [1.82, 2.24) is 4.90 Å². The van der Waals surface area contributed by atoms with E-state index in [0.717, 1.165) is 37.9 Å². The molecule has 1 fully saturated rings. The van der Waals surface area contributed by atoms with Gasteiger partial charge in [-0.2, -0.15) is 0 Å². The Hall–Kier alpha value is -1.06. The molecular weight excluding hydrogens is 286 g/mol. The van der Waals surface area contributed by atoms with Crippen LogP contribution in [0.1, 0.15) is 51.1 Å². The summed E-state index contributed by atoms with van der Waals surface area (Å²) in [6, 6.07) is 7.20. The molecular formula is C17H24ClNO2. The summed E-state index contributed by atoms with van der Waals surface area (Å²) >= 11 is 6.32. The molecule has 1 saturated heterocycles. The highest BCUT2D eigenvalue weighted by molar-refractivity contribution is 6.31. The largest absolute Gasteiger partial charge is 0.461 e. The number of hydrogen-bond acceptors (Lipinski definition) is 3. The average molecular weight is 310 g/mol. The molecule has 21 heavy (non-hydrogen) atoms. The maximum atomic E-state index is 12.6. The van der Waals surface area contributed by atoms with Crippen molar-refractivity contribution in [2.45, 2.75) is 51.7 Å². The third-order valence-electron chi connectivity index (χ3n) is 4.07. The van der Waals surface area contributed by atoms with Crippen LogP contribution in [0, 0.1) is 0 Å². The van der Waals surface area contributed by atoms with Crippen LogP contribution in [-0.4, -0.2) is 30.1 Å². The Morgan fingerprint density at radius 1 is 1.29 bits per heavy atom. The van der Waals surface area contributed by atoms with Gasteiger partial charge in [-0.3, -0.25) is 4.90 Å². The Morgan fingerprint density at radius 2 is 1.95 bits per heavy atom. The summed E-state index contributed by atoms with van der Waals surface area (Å²) in [5, 5.41) is 0.633. The maximum absolute atomic E-state index is 12.6. The minimum Gasteiger partial charge on any atom is -0.461 e. The number of hydrogen-bond donors (Lipinski definition) is 0. The number of likely N-dealkylation sites (tertiary alicyclic amines) is 1. The topological polar surface area (TPSA) is 29.5 Å². The van der Waals surface area contributed by atoms with Gasteiger partial charge in [-0.05, 0) is 50.9 Å². The predicted octanol–water partition coefficient (Wildman–Crippen LogP) is 4.21. The molecule has 1 aromatic rings. The van der Waals surface area contributed by atoms with Gasteiger partial charge < -0.3 is 4.74 Å². The van der Waals surface area contributed by atoms with Gasteiger partial charge in [-0.15, -0.1) is 0 Å². The summed E-state index contributed by atoms with van der Waals surface area (Å²) in [5.74, 6) is -0.181. The number of nitrogens with zero attached hydrogens (tertiary/aromatic N) is 1. The first-order chi connectivity index (χ1) is 10.1. The summed E-state index contributed by atoms with van der Waals surface area (Å²) in [7, 11) is 0. The second-order valence-corrected chi connectivity index (χ2v) is 6.08. The lowest BCUT2D eigenvalue weighted by atomic mass is 10.0. The highest BCUT2D eigenvalue weighted by Gasteiger charge is 2.32. The van der Waals surface area contributed by atoms with Gasteiger partial charge in [-0.1, -0.05) is 43.1 Å². The fourth-order valence-electron chi connectivity index (χ4n) is 2.69. The predicted molar refractivity (Wildman–Crippen MR) is 85.5 cm³/mol. The third-order valence-corrected chi connectivity index (χ3v) is 4.42. The van der Waals surface area contributed by atoms with E-state index in [1.54, 1.807) is 0 Å². The Bertz CT molecular complexity index is 472. The minimum atomic E-state index is -0.381. The molecule has 1 aliphatic rings. The van der Waals surface area contributed by atoms with Crippen LogP contribution in [-0.2, 0) is 9.53 Å². The van der Waals surface area contributed by atoms with E-state index in [9.17, 15) is 4.79 Å². The van der Waals surface area contributed by atoms with Crippen LogP contribution in [0.5, 0.6) is 0 Å². The molecule has 2 atom stereocenters. The van der Waals surface area contributed by atoms with Gasteiger partial charge in [0.15, 0.2) is 0 Å². The van der Waals surface area contributed by atoms with Gasteiger partial charge in [0.2, 0.25) is 0 Å². The summed E-state index contributed by atoms with van der Waals surface area (Å²) in [6.45, 7) is 5.79. The first kappa shape index (κ1) is 16.3. The Balaban J connectivity index is 2.25. The van der Waals surface area contributed by atoms with Crippen molar-refractivity contribution in [2.75, 3.05) is 13.1 Å². The number of carbonyl (C=O) groups is 1. The highest BCUT2D eigenvalue weighted by atomic mass is 35.5. The van der Waals surface area contributed by atoms with Crippen LogP contribution in [0.4, 0.5) is 0 Å². The first-order valence-electron chi connectivity index (χ1n) is 7.82. The Morgan fingerprint density at radius 3 is 2.57 bits per heavy atom. The van der Waals surface area contributed by atoms with Crippen molar-refractivity contribution >= 4 is 17.6 Å². The lowest BCUT2D eigenvalue weighted by Crippen LogP contribution is -2.39. The number of esters is 1. The lowest BCUT2D eigenvalue weighted by Gasteiger charge is -2.34. The first-order valence-corrected chi connectivity index (χ1v) is 8.20. The van der Waals surface area contributed by atoms with E-state index in [4.69, 9.17) is 16.3 Å². The highest BCUT2D eigenvalue weighted by Crippen LogP contribution is 2.31. The van der Waals surface area contributed by atoms with E-state index in [0.29, 0.717) is 5.02 Å². The van der Waals surface area contributed by atoms with Crippen molar-refractivity contribution in [1.29, 1.82) is 0 Å². The third kappa shape index (κ3) is 4.21. The fraction of sp³-hybridized carbons (Fsp3) is 0.588. The zero-order chi connectivity index (χ0) is 15.2. The quantitative estimate of drug-likeness (QED) is 0.763. The molecule has 0 aromatic heterocycles. The standard InChI is InChI=1S/C17H24ClNO2/c1-3-13(2)21-17(20)16(19-11-7-4-8-12-19)14-9-5-6-10-15(14)18/h5-6,9-10,13,16H,3-4,7-8,11-12H2,1-2H3/t13-,16-/m1/s1. The average Bonchev–Trinajstić information content (AvgIpc) is 2.50. The van der Waals surface area contributed by atoms with Gasteiger partial charge in [0, 0.05) is 5.02 Å². The van der Waals surface area contributed by atoms with Gasteiger partial charge in [0.05, 0.1) is 6.10 Å². The molecule has 0 amide bonds. The Kier molecular flexibility index (Phi) is 6.07. The van der Waals surface area contributed by atoms with Crippen molar-refractivity contribution in [3.63, 3.8) is 0 Å². The summed E-state index contributed by atoms with van der Waals surface area (Å²) < 4.78 is 5.59. The van der Waals surface area contributed by atoms with E-state index in [-0.39, 0.29) is 18.1 Å². The molecule has 116 valence electrons. The van der Waals surface area contributed by atoms with E-state index in [1.165, 1.54) is 6.42 Å². The van der Waals surface area contributed by atoms with Crippen LogP contribution in [0.15, 0.2) is 24.3 Å². The zero-order valence-corrected chi connectivity index (χ0v) is 13.6. The van der Waals surface area contributed by atoms with Gasteiger partial charge in [0.1, 0.15) is 6.04 Å². The molecule has 1 aliphatic heterocycles. The van der Waals surface area contributed by atoms with Crippen LogP contribution < -0.4 is 0 Å². The molecule has 1 heterocycles. The number of benzene rings is 1. The zero-order valence-electron chi connectivity index (χ0n) is 12.8. The number of piperidine rings is 1. The van der Waals surface area contributed by atoms with Crippen molar-refractivity contribution in [3.05, 3.63) is 34.9 Å². The maximum Gasteiger partial charge on any atom is 0.328 e. The van der Waals surface area contributed by atoms with Crippen LogP contribution in [0.3, 0.4) is 0 Å². The van der Waals surface area contributed by atoms with Crippen LogP contribution in [0.2, 0.25) is 5.02 Å². The SMILES string of the molecule is CC[C@@H](C)OC(=O)[C@@H](c1ccccc1Cl)N1CCCCC1. The molecule has 1 aromatic carbocycles. The Labute approximate surface area is 132 Å². The number of carbonyl (C=O) groups excluding carboxylic acids is 1. The smallest absolute Gasteiger partial charge is 0.328 e. The minimum absolute atomic E-state index is 0.0627.